The van der Waals surface area contributed by atoms with Crippen molar-refractivity contribution in [2.24, 2.45) is 0 Å². The van der Waals surface area contributed by atoms with E-state index in [0.717, 1.165) is 51.4 Å². The van der Waals surface area contributed by atoms with Gasteiger partial charge in [-0.25, -0.2) is 0 Å². The van der Waals surface area contributed by atoms with Gasteiger partial charge in [-0.05, 0) is 64.2 Å². The van der Waals surface area contributed by atoms with E-state index < -0.39 is 12.1 Å². The average molecular weight is 929 g/mol. The fourth-order valence-corrected chi connectivity index (χ4v) is 8.90. The van der Waals surface area contributed by atoms with Crippen LogP contribution in [-0.2, 0) is 14.3 Å². The fourth-order valence-electron chi connectivity index (χ4n) is 8.90. The normalized spacial score (nSPS) is 12.8. The van der Waals surface area contributed by atoms with Crippen molar-refractivity contribution in [2.45, 2.75) is 321 Å². The van der Waals surface area contributed by atoms with Crippen LogP contribution in [0.15, 0.2) is 36.5 Å². The Kier molecular flexibility index (Phi) is 54.1. The standard InChI is InChI=1S/C60H113NO5/c1-3-5-7-9-11-13-15-17-18-23-27-30-34-38-42-46-50-54-60(65)66-55-51-47-43-39-35-31-28-25-22-20-19-21-24-26-29-33-37-41-45-49-53-59(64)61-57(56-62)58(63)52-48-44-40-36-32-16-14-12-10-8-6-4-2/h11,13,17-18,48,52,57-58,62-63H,3-10,12,14-16,19-47,49-51,53-56H2,1-2H3,(H,61,64)/b13-11-,18-17-,52-48+. The van der Waals surface area contributed by atoms with Crippen molar-refractivity contribution in [3.63, 3.8) is 0 Å². The molecule has 0 aliphatic heterocycles. The van der Waals surface area contributed by atoms with Crippen LogP contribution < -0.4 is 5.32 Å². The summed E-state index contributed by atoms with van der Waals surface area (Å²) in [5, 5.41) is 23.0. The highest BCUT2D eigenvalue weighted by molar-refractivity contribution is 5.76. The SMILES string of the molecule is CCCCC/C=C\C/C=C\CCCCCCCCCC(=O)OCCCCCCCCCCCCCCCCCCCCCCC(=O)NC(CO)C(O)/C=C/CCCCCCCCCCCC. The van der Waals surface area contributed by atoms with Gasteiger partial charge in [0.1, 0.15) is 0 Å². The predicted octanol–water partition coefficient (Wildman–Crippen LogP) is 18.0. The minimum atomic E-state index is -0.845. The molecule has 2 unspecified atom stereocenters. The van der Waals surface area contributed by atoms with Crippen LogP contribution in [0, 0.1) is 0 Å². The summed E-state index contributed by atoms with van der Waals surface area (Å²) in [7, 11) is 0. The molecule has 0 radical (unpaired) electrons. The van der Waals surface area contributed by atoms with Gasteiger partial charge >= 0.3 is 5.97 Å². The highest BCUT2D eigenvalue weighted by Gasteiger charge is 2.18. The first kappa shape index (κ1) is 64.1. The Morgan fingerprint density at radius 1 is 0.424 bits per heavy atom. The molecular formula is C60H113NO5. The lowest BCUT2D eigenvalue weighted by atomic mass is 10.0. The Morgan fingerprint density at radius 2 is 0.758 bits per heavy atom. The number of ether oxygens (including phenoxy) is 1. The summed E-state index contributed by atoms with van der Waals surface area (Å²) in [5.41, 5.74) is 0. The Labute approximate surface area is 411 Å². The minimum absolute atomic E-state index is 0.00191. The maximum absolute atomic E-state index is 12.4. The zero-order chi connectivity index (χ0) is 47.9. The van der Waals surface area contributed by atoms with E-state index in [0.29, 0.717) is 19.4 Å². The molecule has 1 amide bonds. The van der Waals surface area contributed by atoms with Crippen molar-refractivity contribution in [1.82, 2.24) is 5.32 Å². The minimum Gasteiger partial charge on any atom is -0.466 e. The Balaban J connectivity index is 3.40. The summed E-state index contributed by atoms with van der Waals surface area (Å²) in [6.45, 7) is 4.87. The molecule has 0 saturated carbocycles. The molecule has 388 valence electrons. The van der Waals surface area contributed by atoms with E-state index in [1.54, 1.807) is 6.08 Å². The number of amides is 1. The second-order valence-corrected chi connectivity index (χ2v) is 20.0. The molecule has 66 heavy (non-hydrogen) atoms. The molecule has 0 bridgehead atoms. The van der Waals surface area contributed by atoms with E-state index in [-0.39, 0.29) is 18.5 Å². The summed E-state index contributed by atoms with van der Waals surface area (Å²) in [4.78, 5) is 24.5. The number of esters is 1. The van der Waals surface area contributed by atoms with Crippen molar-refractivity contribution in [3.8, 4) is 0 Å². The van der Waals surface area contributed by atoms with E-state index in [1.807, 2.05) is 6.08 Å². The van der Waals surface area contributed by atoms with Crippen LogP contribution in [0.1, 0.15) is 309 Å². The van der Waals surface area contributed by atoms with E-state index in [4.69, 9.17) is 4.74 Å². The predicted molar refractivity (Wildman–Crippen MR) is 287 cm³/mol. The summed E-state index contributed by atoms with van der Waals surface area (Å²) in [6, 6.07) is -0.628. The number of aliphatic hydroxyl groups excluding tert-OH is 2. The van der Waals surface area contributed by atoms with Crippen LogP contribution >= 0.6 is 0 Å². The molecule has 0 aromatic heterocycles. The maximum Gasteiger partial charge on any atom is 0.305 e. The first-order valence-electron chi connectivity index (χ1n) is 29.3. The van der Waals surface area contributed by atoms with Gasteiger partial charge in [-0.1, -0.05) is 269 Å². The fraction of sp³-hybridized carbons (Fsp3) is 0.867. The average Bonchev–Trinajstić information content (AvgIpc) is 3.32. The van der Waals surface area contributed by atoms with Gasteiger partial charge in [0.2, 0.25) is 5.91 Å². The van der Waals surface area contributed by atoms with E-state index in [2.05, 4.69) is 43.5 Å². The van der Waals surface area contributed by atoms with Gasteiger partial charge < -0.3 is 20.3 Å². The second-order valence-electron chi connectivity index (χ2n) is 20.0. The molecule has 3 N–H and O–H groups in total. The summed E-state index contributed by atoms with van der Waals surface area (Å²) < 4.78 is 5.48. The molecule has 0 aromatic carbocycles. The van der Waals surface area contributed by atoms with E-state index >= 15 is 0 Å². The molecule has 0 fully saturated rings. The third kappa shape index (κ3) is 51.5. The van der Waals surface area contributed by atoms with Crippen LogP contribution in [0.3, 0.4) is 0 Å². The van der Waals surface area contributed by atoms with Crippen molar-refractivity contribution < 1.29 is 24.5 Å². The van der Waals surface area contributed by atoms with Gasteiger partial charge in [0.15, 0.2) is 0 Å². The van der Waals surface area contributed by atoms with Crippen LogP contribution in [0.25, 0.3) is 0 Å². The highest BCUT2D eigenvalue weighted by atomic mass is 16.5. The molecular weight excluding hydrogens is 815 g/mol. The lowest BCUT2D eigenvalue weighted by Gasteiger charge is -2.20. The number of rotatable bonds is 54. The van der Waals surface area contributed by atoms with Crippen LogP contribution in [0.5, 0.6) is 0 Å². The molecule has 6 nitrogen and oxygen atoms in total. The van der Waals surface area contributed by atoms with Crippen LogP contribution in [0.2, 0.25) is 0 Å². The Hall–Kier alpha value is -1.92. The number of aliphatic hydroxyl groups is 2. The summed E-state index contributed by atoms with van der Waals surface area (Å²) >= 11 is 0. The molecule has 0 spiro atoms. The Morgan fingerprint density at radius 3 is 1.18 bits per heavy atom. The first-order chi connectivity index (χ1) is 32.5. The van der Waals surface area contributed by atoms with Crippen molar-refractivity contribution in [1.29, 1.82) is 0 Å². The van der Waals surface area contributed by atoms with Gasteiger partial charge in [-0.2, -0.15) is 0 Å². The number of nitrogens with one attached hydrogen (secondary N) is 1. The third-order valence-corrected chi connectivity index (χ3v) is 13.4. The van der Waals surface area contributed by atoms with Gasteiger partial charge in [0, 0.05) is 12.8 Å². The van der Waals surface area contributed by atoms with E-state index in [1.165, 1.54) is 231 Å². The Bertz CT molecular complexity index is 1070. The van der Waals surface area contributed by atoms with Crippen molar-refractivity contribution in [3.05, 3.63) is 36.5 Å². The molecule has 0 aliphatic carbocycles. The van der Waals surface area contributed by atoms with Gasteiger partial charge in [-0.3, -0.25) is 9.59 Å². The molecule has 0 rings (SSSR count). The quantitative estimate of drug-likeness (QED) is 0.0321. The van der Waals surface area contributed by atoms with Crippen molar-refractivity contribution >= 4 is 11.9 Å². The van der Waals surface area contributed by atoms with Gasteiger partial charge in [0.05, 0.1) is 25.4 Å². The molecule has 0 heterocycles. The number of carbonyl (C=O) groups is 2. The zero-order valence-corrected chi connectivity index (χ0v) is 44.2. The van der Waals surface area contributed by atoms with Crippen LogP contribution in [0.4, 0.5) is 0 Å². The first-order valence-corrected chi connectivity index (χ1v) is 29.3. The van der Waals surface area contributed by atoms with Crippen molar-refractivity contribution in [2.75, 3.05) is 13.2 Å². The van der Waals surface area contributed by atoms with Gasteiger partial charge in [-0.15, -0.1) is 0 Å². The largest absolute Gasteiger partial charge is 0.466 e. The molecule has 2 atom stereocenters. The summed E-state index contributed by atoms with van der Waals surface area (Å²) in [6.07, 6.45) is 68.8. The highest BCUT2D eigenvalue weighted by Crippen LogP contribution is 2.17. The third-order valence-electron chi connectivity index (χ3n) is 13.4. The number of hydrogen-bond donors (Lipinski definition) is 3. The topological polar surface area (TPSA) is 95.9 Å². The molecule has 0 saturated heterocycles. The second kappa shape index (κ2) is 55.7. The summed E-state index contributed by atoms with van der Waals surface area (Å²) in [5.74, 6) is -0.0686. The van der Waals surface area contributed by atoms with Gasteiger partial charge in [0.25, 0.3) is 0 Å². The number of unbranched alkanes of at least 4 members (excludes halogenated alkanes) is 39. The smallest absolute Gasteiger partial charge is 0.305 e. The molecule has 0 aromatic rings. The van der Waals surface area contributed by atoms with E-state index in [9.17, 15) is 19.8 Å². The number of allylic oxidation sites excluding steroid dienone is 5. The number of hydrogen-bond acceptors (Lipinski definition) is 5. The molecule has 0 aliphatic rings. The molecule has 6 heteroatoms. The maximum atomic E-state index is 12.4. The number of carbonyl (C=O) groups excluding carboxylic acids is 2. The monoisotopic (exact) mass is 928 g/mol. The lowest BCUT2D eigenvalue weighted by Crippen LogP contribution is -2.45. The lowest BCUT2D eigenvalue weighted by molar-refractivity contribution is -0.143. The van der Waals surface area contributed by atoms with Crippen LogP contribution in [-0.4, -0.2) is 47.4 Å². The zero-order valence-electron chi connectivity index (χ0n) is 44.2.